The molecule has 0 spiro atoms. The normalized spacial score (nSPS) is 11.4. The van der Waals surface area contributed by atoms with Gasteiger partial charge in [-0.1, -0.05) is 29.2 Å². The molecule has 1 aromatic carbocycles. The Morgan fingerprint density at radius 2 is 2.07 bits per heavy atom. The number of carbonyl (C=O) groups is 2. The Kier molecular flexibility index (Phi) is 7.12. The largest absolute Gasteiger partial charge is 0.455 e. The maximum Gasteiger partial charge on any atom is 0.316 e. The number of aromatic nitrogens is 2. The lowest BCUT2D eigenvalue weighted by Crippen LogP contribution is -2.23. The van der Waals surface area contributed by atoms with Crippen molar-refractivity contribution < 1.29 is 22.7 Å². The van der Waals surface area contributed by atoms with Crippen LogP contribution in [0.25, 0.3) is 0 Å². The molecule has 0 radical (unpaired) electrons. The van der Waals surface area contributed by atoms with E-state index >= 15 is 0 Å². The number of esters is 1. The minimum Gasteiger partial charge on any atom is -0.455 e. The summed E-state index contributed by atoms with van der Waals surface area (Å²) < 4.78 is 30.7. The Balaban J connectivity index is 1.84. The topological polar surface area (TPSA) is 145 Å². The summed E-state index contributed by atoms with van der Waals surface area (Å²) in [6, 6.07) is 5.78. The average Bonchev–Trinajstić information content (AvgIpc) is 3.03. The molecule has 13 heteroatoms. The molecule has 1 heterocycles. The van der Waals surface area contributed by atoms with Crippen molar-refractivity contribution in [3.8, 4) is 0 Å². The van der Waals surface area contributed by atoms with E-state index < -0.39 is 28.5 Å². The van der Waals surface area contributed by atoms with Gasteiger partial charge < -0.3 is 15.8 Å². The lowest BCUT2D eigenvalue weighted by atomic mass is 10.3. The van der Waals surface area contributed by atoms with Gasteiger partial charge in [-0.05, 0) is 18.2 Å². The summed E-state index contributed by atoms with van der Waals surface area (Å²) in [5.74, 6) is -1.24. The lowest BCUT2D eigenvalue weighted by Gasteiger charge is -2.12. The highest BCUT2D eigenvalue weighted by atomic mass is 32.2. The van der Waals surface area contributed by atoms with E-state index in [1.165, 1.54) is 38.4 Å². The van der Waals surface area contributed by atoms with Crippen LogP contribution in [-0.2, 0) is 24.3 Å². The summed E-state index contributed by atoms with van der Waals surface area (Å²) in [5, 5.41) is 10.1. The molecule has 10 nitrogen and oxygen atoms in total. The summed E-state index contributed by atoms with van der Waals surface area (Å²) in [6.45, 7) is -0.498. The Bertz CT molecular complexity index is 929. The van der Waals surface area contributed by atoms with E-state index in [0.29, 0.717) is 9.47 Å². The Morgan fingerprint density at radius 3 is 2.70 bits per heavy atom. The summed E-state index contributed by atoms with van der Waals surface area (Å²) in [4.78, 5) is 23.6. The third-order valence-corrected chi connectivity index (χ3v) is 6.67. The van der Waals surface area contributed by atoms with Crippen LogP contribution >= 0.6 is 23.1 Å². The molecular weight excluding hydrogens is 414 g/mol. The lowest BCUT2D eigenvalue weighted by molar-refractivity contribution is -0.144. The number of sulfonamides is 1. The third-order valence-electron chi connectivity index (χ3n) is 3.00. The molecule has 2 rings (SSSR count). The molecule has 27 heavy (non-hydrogen) atoms. The van der Waals surface area contributed by atoms with Gasteiger partial charge in [0.2, 0.25) is 15.2 Å². The molecule has 1 aromatic heterocycles. The molecule has 0 saturated carbocycles. The first kappa shape index (κ1) is 21.1. The molecule has 0 aliphatic heterocycles. The number of thioether (sulfide) groups is 1. The Hall–Kier alpha value is -2.22. The Labute approximate surface area is 164 Å². The molecule has 0 unspecified atom stereocenters. The highest BCUT2D eigenvalue weighted by Crippen LogP contribution is 2.23. The number of anilines is 2. The van der Waals surface area contributed by atoms with Gasteiger partial charge in [-0.3, -0.25) is 9.59 Å². The number of carbonyl (C=O) groups excluding carboxylic acids is 2. The number of nitrogen functional groups attached to an aromatic ring is 1. The molecule has 0 bridgehead atoms. The first-order valence-corrected chi connectivity index (χ1v) is 10.6. The Morgan fingerprint density at radius 1 is 1.33 bits per heavy atom. The smallest absolute Gasteiger partial charge is 0.316 e. The molecular formula is C14H17N5O5S3. The number of nitrogens with one attached hydrogen (secondary N) is 1. The van der Waals surface area contributed by atoms with E-state index in [2.05, 4.69) is 15.5 Å². The summed E-state index contributed by atoms with van der Waals surface area (Å²) in [5.41, 5.74) is 5.71. The zero-order valence-electron chi connectivity index (χ0n) is 14.4. The molecule has 146 valence electrons. The fraction of sp³-hybridized carbons (Fsp3) is 0.286. The maximum absolute atomic E-state index is 12.1. The van der Waals surface area contributed by atoms with E-state index in [1.807, 2.05) is 0 Å². The van der Waals surface area contributed by atoms with E-state index in [0.717, 1.165) is 27.4 Å². The minimum atomic E-state index is -3.62. The van der Waals surface area contributed by atoms with Gasteiger partial charge in [0.1, 0.15) is 0 Å². The van der Waals surface area contributed by atoms with Crippen molar-refractivity contribution in [2.24, 2.45) is 0 Å². The number of amides is 1. The van der Waals surface area contributed by atoms with Crippen LogP contribution in [0, 0.1) is 0 Å². The van der Waals surface area contributed by atoms with Gasteiger partial charge in [0, 0.05) is 19.8 Å². The average molecular weight is 432 g/mol. The van der Waals surface area contributed by atoms with Crippen LogP contribution in [0.2, 0.25) is 0 Å². The zero-order chi connectivity index (χ0) is 20.0. The molecule has 0 saturated heterocycles. The van der Waals surface area contributed by atoms with Gasteiger partial charge in [-0.15, -0.1) is 10.2 Å². The number of hydrogen-bond donors (Lipinski definition) is 2. The van der Waals surface area contributed by atoms with E-state index in [9.17, 15) is 18.0 Å². The van der Waals surface area contributed by atoms with Crippen molar-refractivity contribution in [3.63, 3.8) is 0 Å². The fourth-order valence-corrected chi connectivity index (χ4v) is 4.11. The number of rotatable bonds is 8. The summed E-state index contributed by atoms with van der Waals surface area (Å²) in [6.07, 6.45) is 0. The molecule has 0 aliphatic rings. The number of nitrogens with zero attached hydrogens (tertiary/aromatic N) is 3. The van der Waals surface area contributed by atoms with Crippen LogP contribution in [0.5, 0.6) is 0 Å². The number of ether oxygens (including phenoxy) is 1. The highest BCUT2D eigenvalue weighted by Gasteiger charge is 2.18. The van der Waals surface area contributed by atoms with E-state index in [1.54, 1.807) is 0 Å². The second kappa shape index (κ2) is 9.12. The van der Waals surface area contributed by atoms with E-state index in [4.69, 9.17) is 10.5 Å². The minimum absolute atomic E-state index is 0.0371. The predicted octanol–water partition coefficient (Wildman–Crippen LogP) is 0.645. The van der Waals surface area contributed by atoms with Crippen LogP contribution < -0.4 is 11.1 Å². The van der Waals surface area contributed by atoms with Crippen LogP contribution in [0.4, 0.5) is 10.8 Å². The highest BCUT2D eigenvalue weighted by molar-refractivity contribution is 8.01. The molecule has 0 fully saturated rings. The van der Waals surface area contributed by atoms with Crippen molar-refractivity contribution >= 4 is 55.8 Å². The maximum atomic E-state index is 12.1. The van der Waals surface area contributed by atoms with Gasteiger partial charge in [0.25, 0.3) is 5.91 Å². The second-order valence-corrected chi connectivity index (χ2v) is 9.60. The number of benzene rings is 1. The van der Waals surface area contributed by atoms with Crippen LogP contribution in [0.3, 0.4) is 0 Å². The second-order valence-electron chi connectivity index (χ2n) is 5.22. The van der Waals surface area contributed by atoms with Crippen molar-refractivity contribution in [3.05, 3.63) is 24.3 Å². The first-order chi connectivity index (χ1) is 12.7. The van der Waals surface area contributed by atoms with Gasteiger partial charge in [-0.2, -0.15) is 0 Å². The predicted molar refractivity (Wildman–Crippen MR) is 102 cm³/mol. The van der Waals surface area contributed by atoms with Crippen molar-refractivity contribution in [2.75, 3.05) is 37.5 Å². The summed E-state index contributed by atoms with van der Waals surface area (Å²) >= 11 is 2.24. The van der Waals surface area contributed by atoms with Crippen LogP contribution in [0.1, 0.15) is 0 Å². The quantitative estimate of drug-likeness (QED) is 0.454. The molecule has 0 atom stereocenters. The van der Waals surface area contributed by atoms with Crippen LogP contribution in [0.15, 0.2) is 33.5 Å². The third kappa shape index (κ3) is 6.16. The van der Waals surface area contributed by atoms with Crippen molar-refractivity contribution in [2.45, 2.75) is 9.24 Å². The van der Waals surface area contributed by atoms with Crippen LogP contribution in [-0.4, -0.2) is 61.3 Å². The van der Waals surface area contributed by atoms with Gasteiger partial charge in [-0.25, -0.2) is 12.7 Å². The molecule has 0 aliphatic carbocycles. The SMILES string of the molecule is CN(C)S(=O)(=O)c1cccc(NC(=O)COC(=O)CSc2nnc(N)s2)c1. The zero-order valence-corrected chi connectivity index (χ0v) is 16.9. The summed E-state index contributed by atoms with van der Waals surface area (Å²) in [7, 11) is -0.796. The van der Waals surface area contributed by atoms with E-state index in [-0.39, 0.29) is 16.3 Å². The van der Waals surface area contributed by atoms with Gasteiger partial charge in [0.05, 0.1) is 10.6 Å². The van der Waals surface area contributed by atoms with Gasteiger partial charge >= 0.3 is 5.97 Å². The number of nitrogens with two attached hydrogens (primary N) is 1. The molecule has 2 aromatic rings. The standard InChI is InChI=1S/C14H17N5O5S3/c1-19(2)27(22,23)10-5-3-4-9(6-10)16-11(20)7-24-12(21)8-25-14-18-17-13(15)26-14/h3-6H,7-8H2,1-2H3,(H2,15,17)(H,16,20). The van der Waals surface area contributed by atoms with Crippen molar-refractivity contribution in [1.29, 1.82) is 0 Å². The first-order valence-electron chi connectivity index (χ1n) is 7.38. The molecule has 3 N–H and O–H groups in total. The van der Waals surface area contributed by atoms with Gasteiger partial charge in [0.15, 0.2) is 10.9 Å². The monoisotopic (exact) mass is 431 g/mol. The fourth-order valence-electron chi connectivity index (χ4n) is 1.73. The number of hydrogen-bond acceptors (Lipinski definition) is 10. The molecule has 1 amide bonds. The van der Waals surface area contributed by atoms with Crippen molar-refractivity contribution in [1.82, 2.24) is 14.5 Å².